The molecule has 0 spiro atoms. The van der Waals surface area contributed by atoms with Crippen LogP contribution in [-0.2, 0) is 13.1 Å². The predicted molar refractivity (Wildman–Crippen MR) is 88.6 cm³/mol. The Bertz CT molecular complexity index is 856. The van der Waals surface area contributed by atoms with Crippen molar-refractivity contribution >= 4 is 23.3 Å². The zero-order valence-electron chi connectivity index (χ0n) is 12.9. The molecular formula is C16H15ClFN5O. The Hall–Kier alpha value is -2.67. The highest BCUT2D eigenvalue weighted by Gasteiger charge is 2.16. The third-order valence-corrected chi connectivity index (χ3v) is 3.67. The normalized spacial score (nSPS) is 10.8. The fourth-order valence-corrected chi connectivity index (χ4v) is 2.42. The number of carbonyl (C=O) groups excluding carboxylic acids is 1. The van der Waals surface area contributed by atoms with Gasteiger partial charge in [0.05, 0.1) is 11.6 Å². The van der Waals surface area contributed by atoms with Gasteiger partial charge in [0, 0.05) is 25.0 Å². The number of nitrogens with zero attached hydrogens (tertiary/aromatic N) is 4. The molecule has 0 unspecified atom stereocenters. The first-order valence-corrected chi connectivity index (χ1v) is 7.75. The van der Waals surface area contributed by atoms with Crippen LogP contribution in [0.2, 0.25) is 5.02 Å². The van der Waals surface area contributed by atoms with Gasteiger partial charge in [-0.05, 0) is 24.6 Å². The third kappa shape index (κ3) is 3.62. The lowest BCUT2D eigenvalue weighted by atomic mass is 10.2. The Balaban J connectivity index is 1.68. The summed E-state index contributed by atoms with van der Waals surface area (Å²) in [5.41, 5.74) is 1.06. The van der Waals surface area contributed by atoms with Crippen LogP contribution in [0.25, 0.3) is 0 Å². The topological polar surface area (TPSA) is 64.7 Å². The van der Waals surface area contributed by atoms with E-state index < -0.39 is 5.91 Å². The van der Waals surface area contributed by atoms with Crippen molar-refractivity contribution in [3.63, 3.8) is 0 Å². The summed E-state index contributed by atoms with van der Waals surface area (Å²) in [7, 11) is 0. The monoisotopic (exact) mass is 347 g/mol. The van der Waals surface area contributed by atoms with Gasteiger partial charge in [-0.25, -0.2) is 4.39 Å². The molecule has 2 heterocycles. The van der Waals surface area contributed by atoms with Crippen molar-refractivity contribution in [2.75, 3.05) is 5.32 Å². The second-order valence-electron chi connectivity index (χ2n) is 5.16. The maximum atomic E-state index is 12.9. The van der Waals surface area contributed by atoms with Gasteiger partial charge in [-0.15, -0.1) is 0 Å². The van der Waals surface area contributed by atoms with Crippen LogP contribution in [-0.4, -0.2) is 25.5 Å². The van der Waals surface area contributed by atoms with Crippen LogP contribution in [0.4, 0.5) is 10.2 Å². The molecule has 0 aliphatic heterocycles. The molecule has 6 nitrogen and oxygen atoms in total. The van der Waals surface area contributed by atoms with E-state index in [0.29, 0.717) is 23.9 Å². The van der Waals surface area contributed by atoms with Gasteiger partial charge in [-0.2, -0.15) is 10.2 Å². The zero-order valence-corrected chi connectivity index (χ0v) is 13.7. The number of benzene rings is 1. The van der Waals surface area contributed by atoms with Crippen LogP contribution in [0.15, 0.2) is 42.7 Å². The molecule has 1 N–H and O–H groups in total. The molecule has 1 aromatic carbocycles. The first-order chi connectivity index (χ1) is 11.5. The molecule has 0 bridgehead atoms. The maximum Gasteiger partial charge on any atom is 0.278 e. The number of carbonyl (C=O) groups is 1. The van der Waals surface area contributed by atoms with Gasteiger partial charge >= 0.3 is 0 Å². The minimum absolute atomic E-state index is 0.159. The minimum Gasteiger partial charge on any atom is -0.304 e. The second-order valence-corrected chi connectivity index (χ2v) is 5.57. The summed E-state index contributed by atoms with van der Waals surface area (Å²) >= 11 is 6.01. The van der Waals surface area contributed by atoms with E-state index in [2.05, 4.69) is 15.5 Å². The largest absolute Gasteiger partial charge is 0.304 e. The number of hydrogen-bond acceptors (Lipinski definition) is 3. The summed E-state index contributed by atoms with van der Waals surface area (Å²) in [6.45, 7) is 3.00. The van der Waals surface area contributed by atoms with E-state index in [4.69, 9.17) is 11.6 Å². The average molecular weight is 348 g/mol. The number of aromatic nitrogens is 4. The quantitative estimate of drug-likeness (QED) is 0.770. The Morgan fingerprint density at radius 3 is 2.62 bits per heavy atom. The molecule has 3 rings (SSSR count). The highest BCUT2D eigenvalue weighted by atomic mass is 35.5. The molecule has 0 saturated carbocycles. The number of anilines is 1. The number of halogens is 2. The van der Waals surface area contributed by atoms with Crippen LogP contribution in [0.3, 0.4) is 0 Å². The van der Waals surface area contributed by atoms with Crippen molar-refractivity contribution in [2.24, 2.45) is 0 Å². The van der Waals surface area contributed by atoms with E-state index in [-0.39, 0.29) is 11.5 Å². The van der Waals surface area contributed by atoms with E-state index in [1.807, 2.05) is 6.92 Å². The summed E-state index contributed by atoms with van der Waals surface area (Å²) in [6, 6.07) is 7.84. The third-order valence-electron chi connectivity index (χ3n) is 3.40. The van der Waals surface area contributed by atoms with Gasteiger partial charge in [0.25, 0.3) is 5.91 Å². The van der Waals surface area contributed by atoms with Crippen molar-refractivity contribution in [1.82, 2.24) is 19.6 Å². The fraction of sp³-hybridized carbons (Fsp3) is 0.188. The number of nitrogens with one attached hydrogen (secondary N) is 1. The first kappa shape index (κ1) is 16.2. The summed E-state index contributed by atoms with van der Waals surface area (Å²) < 4.78 is 16.1. The lowest BCUT2D eigenvalue weighted by Crippen LogP contribution is -2.14. The Morgan fingerprint density at radius 2 is 1.96 bits per heavy atom. The molecule has 0 radical (unpaired) electrons. The van der Waals surface area contributed by atoms with E-state index in [1.54, 1.807) is 40.0 Å². The molecule has 0 aliphatic rings. The molecule has 124 valence electrons. The summed E-state index contributed by atoms with van der Waals surface area (Å²) in [5.74, 6) is -0.306. The lowest BCUT2D eigenvalue weighted by Gasteiger charge is -2.02. The predicted octanol–water partition coefficient (Wildman–Crippen LogP) is 3.19. The summed E-state index contributed by atoms with van der Waals surface area (Å²) in [4.78, 5) is 12.2. The highest BCUT2D eigenvalue weighted by Crippen LogP contribution is 2.16. The second kappa shape index (κ2) is 6.84. The molecule has 2 aromatic heterocycles. The van der Waals surface area contributed by atoms with Gasteiger partial charge < -0.3 is 5.32 Å². The van der Waals surface area contributed by atoms with Crippen molar-refractivity contribution in [3.05, 3.63) is 64.8 Å². The summed E-state index contributed by atoms with van der Waals surface area (Å²) in [6.07, 6.45) is 3.33. The van der Waals surface area contributed by atoms with Gasteiger partial charge in [-0.3, -0.25) is 14.2 Å². The molecular weight excluding hydrogens is 333 g/mol. The molecule has 1 amide bonds. The van der Waals surface area contributed by atoms with Gasteiger partial charge in [-0.1, -0.05) is 23.7 Å². The minimum atomic E-state index is -0.417. The van der Waals surface area contributed by atoms with Crippen LogP contribution in [0.5, 0.6) is 0 Å². The van der Waals surface area contributed by atoms with Gasteiger partial charge in [0.2, 0.25) is 0 Å². The van der Waals surface area contributed by atoms with Gasteiger partial charge in [0.1, 0.15) is 5.82 Å². The standard InChI is InChI=1S/C16H15ClFN5O/c1-2-22-10-13(17)15(21-22)16(24)19-14-7-8-23(20-14)9-11-3-5-12(18)6-4-11/h3-8,10H,2,9H2,1H3,(H,19,20,24). The number of hydrogen-bond donors (Lipinski definition) is 1. The summed E-state index contributed by atoms with van der Waals surface area (Å²) in [5, 5.41) is 11.3. The van der Waals surface area contributed by atoms with Crippen LogP contribution in [0.1, 0.15) is 23.0 Å². The maximum absolute atomic E-state index is 12.9. The zero-order chi connectivity index (χ0) is 17.1. The van der Waals surface area contributed by atoms with E-state index in [9.17, 15) is 9.18 Å². The Kier molecular flexibility index (Phi) is 4.61. The lowest BCUT2D eigenvalue weighted by molar-refractivity contribution is 0.102. The Morgan fingerprint density at radius 1 is 1.21 bits per heavy atom. The number of amides is 1. The van der Waals surface area contributed by atoms with E-state index >= 15 is 0 Å². The molecule has 0 atom stereocenters. The van der Waals surface area contributed by atoms with Crippen molar-refractivity contribution in [2.45, 2.75) is 20.0 Å². The van der Waals surface area contributed by atoms with E-state index in [1.165, 1.54) is 12.1 Å². The molecule has 8 heteroatoms. The SMILES string of the molecule is CCn1cc(Cl)c(C(=O)Nc2ccn(Cc3ccc(F)cc3)n2)n1. The number of aryl methyl sites for hydroxylation is 1. The molecule has 3 aromatic rings. The van der Waals surface area contributed by atoms with Crippen molar-refractivity contribution in [1.29, 1.82) is 0 Å². The molecule has 0 fully saturated rings. The van der Waals surface area contributed by atoms with Gasteiger partial charge in [0.15, 0.2) is 11.5 Å². The molecule has 24 heavy (non-hydrogen) atoms. The Labute approximate surface area is 142 Å². The fourth-order valence-electron chi connectivity index (χ4n) is 2.18. The number of rotatable bonds is 5. The van der Waals surface area contributed by atoms with Crippen molar-refractivity contribution < 1.29 is 9.18 Å². The molecule has 0 saturated heterocycles. The average Bonchev–Trinajstić information content (AvgIpc) is 3.16. The first-order valence-electron chi connectivity index (χ1n) is 7.37. The molecule has 0 aliphatic carbocycles. The van der Waals surface area contributed by atoms with E-state index in [0.717, 1.165) is 5.56 Å². The smallest absolute Gasteiger partial charge is 0.278 e. The van der Waals surface area contributed by atoms with Crippen LogP contribution in [0, 0.1) is 5.82 Å². The highest BCUT2D eigenvalue weighted by molar-refractivity contribution is 6.34. The van der Waals surface area contributed by atoms with Crippen LogP contribution >= 0.6 is 11.6 Å². The van der Waals surface area contributed by atoms with Crippen molar-refractivity contribution in [3.8, 4) is 0 Å². The van der Waals surface area contributed by atoms with Crippen LogP contribution < -0.4 is 5.32 Å².